The standard InChI is InChI=1S/C18H16O6/c1-3-9-21-17(19)23-15-7-5-13-6-8-16(12-14(13)11-15)24-18(20)22-10-4-2/h3-8,11-12H,1-2,9-10H2. The molecule has 0 saturated carbocycles. The summed E-state index contributed by atoms with van der Waals surface area (Å²) < 4.78 is 19.6. The molecule has 0 spiro atoms. The monoisotopic (exact) mass is 328 g/mol. The molecule has 0 aromatic heterocycles. The van der Waals surface area contributed by atoms with Crippen LogP contribution in [0, 0.1) is 0 Å². The van der Waals surface area contributed by atoms with E-state index in [1.165, 1.54) is 12.2 Å². The average molecular weight is 328 g/mol. The molecule has 0 N–H and O–H groups in total. The highest BCUT2D eigenvalue weighted by Crippen LogP contribution is 2.25. The van der Waals surface area contributed by atoms with Crippen LogP contribution in [0.2, 0.25) is 0 Å². The van der Waals surface area contributed by atoms with E-state index in [9.17, 15) is 9.59 Å². The van der Waals surface area contributed by atoms with E-state index in [2.05, 4.69) is 13.2 Å². The third-order valence-electron chi connectivity index (χ3n) is 2.82. The first-order valence-electron chi connectivity index (χ1n) is 7.07. The zero-order chi connectivity index (χ0) is 17.4. The van der Waals surface area contributed by atoms with Crippen LogP contribution in [0.15, 0.2) is 61.7 Å². The fourth-order valence-corrected chi connectivity index (χ4v) is 1.84. The largest absolute Gasteiger partial charge is 0.514 e. The van der Waals surface area contributed by atoms with E-state index in [-0.39, 0.29) is 13.2 Å². The molecule has 0 aliphatic rings. The van der Waals surface area contributed by atoms with Crippen LogP contribution in [0.3, 0.4) is 0 Å². The zero-order valence-corrected chi connectivity index (χ0v) is 12.9. The topological polar surface area (TPSA) is 71.1 Å². The fraction of sp³-hybridized carbons (Fsp3) is 0.111. The molecule has 0 radical (unpaired) electrons. The van der Waals surface area contributed by atoms with Gasteiger partial charge in [0.25, 0.3) is 0 Å². The summed E-state index contributed by atoms with van der Waals surface area (Å²) in [7, 11) is 0. The number of fused-ring (bicyclic) bond motifs is 1. The molecule has 2 rings (SSSR count). The summed E-state index contributed by atoms with van der Waals surface area (Å²) in [6.45, 7) is 7.02. The van der Waals surface area contributed by atoms with E-state index < -0.39 is 12.3 Å². The van der Waals surface area contributed by atoms with Gasteiger partial charge >= 0.3 is 12.3 Å². The van der Waals surface area contributed by atoms with Crippen LogP contribution in [0.5, 0.6) is 11.5 Å². The molecule has 24 heavy (non-hydrogen) atoms. The normalized spacial score (nSPS) is 9.83. The minimum Gasteiger partial charge on any atom is -0.430 e. The Morgan fingerprint density at radius 2 is 1.25 bits per heavy atom. The second-order valence-corrected chi connectivity index (χ2v) is 4.57. The van der Waals surface area contributed by atoms with Gasteiger partial charge in [0.15, 0.2) is 0 Å². The van der Waals surface area contributed by atoms with E-state index in [1.54, 1.807) is 36.4 Å². The van der Waals surface area contributed by atoms with E-state index >= 15 is 0 Å². The molecule has 0 aliphatic heterocycles. The van der Waals surface area contributed by atoms with Gasteiger partial charge in [-0.2, -0.15) is 0 Å². The van der Waals surface area contributed by atoms with Gasteiger partial charge in [0.1, 0.15) is 24.7 Å². The SMILES string of the molecule is C=CCOC(=O)Oc1ccc2ccc(OC(=O)OCC=C)cc2c1. The number of carbonyl (C=O) groups is 2. The maximum absolute atomic E-state index is 11.4. The number of ether oxygens (including phenoxy) is 4. The van der Waals surface area contributed by atoms with E-state index in [0.29, 0.717) is 11.5 Å². The van der Waals surface area contributed by atoms with Crippen molar-refractivity contribution >= 4 is 23.1 Å². The van der Waals surface area contributed by atoms with Gasteiger partial charge in [-0.1, -0.05) is 37.4 Å². The van der Waals surface area contributed by atoms with Crippen LogP contribution < -0.4 is 9.47 Å². The Kier molecular flexibility index (Phi) is 5.96. The van der Waals surface area contributed by atoms with Crippen molar-refractivity contribution < 1.29 is 28.5 Å². The number of carbonyl (C=O) groups excluding carboxylic acids is 2. The summed E-state index contributed by atoms with van der Waals surface area (Å²) >= 11 is 0. The number of benzene rings is 2. The Morgan fingerprint density at radius 1 is 0.792 bits per heavy atom. The van der Waals surface area contributed by atoms with Crippen LogP contribution in [0.25, 0.3) is 10.8 Å². The van der Waals surface area contributed by atoms with Crippen molar-refractivity contribution in [1.82, 2.24) is 0 Å². The number of rotatable bonds is 6. The highest BCUT2D eigenvalue weighted by Gasteiger charge is 2.08. The molecule has 0 aliphatic carbocycles. The first-order valence-corrected chi connectivity index (χ1v) is 7.07. The molecule has 0 fully saturated rings. The Hall–Kier alpha value is -3.28. The van der Waals surface area contributed by atoms with Crippen LogP contribution in [0.1, 0.15) is 0 Å². The van der Waals surface area contributed by atoms with Crippen LogP contribution >= 0.6 is 0 Å². The van der Waals surface area contributed by atoms with Crippen LogP contribution in [-0.4, -0.2) is 25.5 Å². The Bertz CT molecular complexity index is 704. The van der Waals surface area contributed by atoms with Crippen LogP contribution in [0.4, 0.5) is 9.59 Å². The molecular weight excluding hydrogens is 312 g/mol. The second-order valence-electron chi connectivity index (χ2n) is 4.57. The van der Waals surface area contributed by atoms with Gasteiger partial charge in [-0.25, -0.2) is 9.59 Å². The van der Waals surface area contributed by atoms with E-state index in [0.717, 1.165) is 10.8 Å². The molecule has 6 nitrogen and oxygen atoms in total. The van der Waals surface area contributed by atoms with Gasteiger partial charge in [0.05, 0.1) is 0 Å². The van der Waals surface area contributed by atoms with Crippen molar-refractivity contribution in [3.8, 4) is 11.5 Å². The van der Waals surface area contributed by atoms with Gasteiger partial charge < -0.3 is 18.9 Å². The van der Waals surface area contributed by atoms with Crippen molar-refractivity contribution in [2.24, 2.45) is 0 Å². The van der Waals surface area contributed by atoms with Crippen molar-refractivity contribution in [1.29, 1.82) is 0 Å². The van der Waals surface area contributed by atoms with Gasteiger partial charge in [-0.05, 0) is 35.0 Å². The number of hydrogen-bond donors (Lipinski definition) is 0. The molecule has 0 amide bonds. The molecule has 124 valence electrons. The Balaban J connectivity index is 2.11. The maximum atomic E-state index is 11.4. The molecule has 0 unspecified atom stereocenters. The third kappa shape index (κ3) is 4.88. The quantitative estimate of drug-likeness (QED) is 0.449. The predicted octanol–water partition coefficient (Wildman–Crippen LogP) is 4.24. The predicted molar refractivity (Wildman–Crippen MR) is 88.3 cm³/mol. The molecular formula is C18H16O6. The lowest BCUT2D eigenvalue weighted by Crippen LogP contribution is -2.10. The number of hydrogen-bond acceptors (Lipinski definition) is 6. The molecule has 0 saturated heterocycles. The summed E-state index contributed by atoms with van der Waals surface area (Å²) in [6.07, 6.45) is 1.23. The molecule has 0 atom stereocenters. The first kappa shape index (κ1) is 17.1. The van der Waals surface area contributed by atoms with Crippen LogP contribution in [-0.2, 0) is 9.47 Å². The third-order valence-corrected chi connectivity index (χ3v) is 2.82. The summed E-state index contributed by atoms with van der Waals surface area (Å²) in [6, 6.07) is 10.1. The fourth-order valence-electron chi connectivity index (χ4n) is 1.84. The zero-order valence-electron chi connectivity index (χ0n) is 12.9. The summed E-state index contributed by atoms with van der Waals surface area (Å²) in [4.78, 5) is 22.9. The molecule has 2 aromatic rings. The lowest BCUT2D eigenvalue weighted by atomic mass is 10.1. The summed E-state index contributed by atoms with van der Waals surface area (Å²) in [5, 5.41) is 1.60. The Labute approximate surface area is 138 Å². The van der Waals surface area contributed by atoms with Gasteiger partial charge in [0, 0.05) is 0 Å². The maximum Gasteiger partial charge on any atom is 0.514 e. The molecule has 0 heterocycles. The van der Waals surface area contributed by atoms with Crippen molar-refractivity contribution in [3.05, 3.63) is 61.7 Å². The molecule has 0 bridgehead atoms. The minimum atomic E-state index is -0.824. The minimum absolute atomic E-state index is 0.0667. The van der Waals surface area contributed by atoms with Crippen molar-refractivity contribution in [2.45, 2.75) is 0 Å². The molecule has 6 heteroatoms. The smallest absolute Gasteiger partial charge is 0.430 e. The average Bonchev–Trinajstić information content (AvgIpc) is 2.58. The van der Waals surface area contributed by atoms with E-state index in [1.807, 2.05) is 0 Å². The summed E-state index contributed by atoms with van der Waals surface area (Å²) in [5.74, 6) is 0.617. The van der Waals surface area contributed by atoms with Crippen molar-refractivity contribution in [3.63, 3.8) is 0 Å². The molecule has 2 aromatic carbocycles. The second kappa shape index (κ2) is 8.38. The van der Waals surface area contributed by atoms with Gasteiger partial charge in [-0.3, -0.25) is 0 Å². The highest BCUT2D eigenvalue weighted by atomic mass is 16.7. The lowest BCUT2D eigenvalue weighted by molar-refractivity contribution is 0.109. The van der Waals surface area contributed by atoms with Gasteiger partial charge in [0.2, 0.25) is 0 Å². The first-order chi connectivity index (χ1) is 11.6. The Morgan fingerprint density at radius 3 is 1.67 bits per heavy atom. The van der Waals surface area contributed by atoms with E-state index in [4.69, 9.17) is 18.9 Å². The highest BCUT2D eigenvalue weighted by molar-refractivity contribution is 5.86. The summed E-state index contributed by atoms with van der Waals surface area (Å²) in [5.41, 5.74) is 0. The van der Waals surface area contributed by atoms with Crippen molar-refractivity contribution in [2.75, 3.05) is 13.2 Å². The van der Waals surface area contributed by atoms with Gasteiger partial charge in [-0.15, -0.1) is 0 Å². The lowest BCUT2D eigenvalue weighted by Gasteiger charge is -2.07.